The van der Waals surface area contributed by atoms with Crippen LogP contribution in [0.3, 0.4) is 0 Å². The van der Waals surface area contributed by atoms with Crippen molar-refractivity contribution in [1.82, 2.24) is 15.2 Å². The molecule has 3 rings (SSSR count). The molecule has 1 heterocycles. The first kappa shape index (κ1) is 20.5. The van der Waals surface area contributed by atoms with Crippen molar-refractivity contribution in [1.29, 1.82) is 0 Å². The SMILES string of the molecule is COc1ccc(Cl)cc1-c1nc(SCC(=O)Nc2c(C)cc(C)cc2Cl)n[nH]1. The topological polar surface area (TPSA) is 79.9 Å². The molecule has 28 heavy (non-hydrogen) atoms. The minimum Gasteiger partial charge on any atom is -0.496 e. The Balaban J connectivity index is 1.67. The third kappa shape index (κ3) is 4.79. The number of hydrogen-bond donors (Lipinski definition) is 2. The van der Waals surface area contributed by atoms with Gasteiger partial charge in [-0.05, 0) is 49.2 Å². The van der Waals surface area contributed by atoms with Crippen molar-refractivity contribution in [3.8, 4) is 17.1 Å². The Labute approximate surface area is 177 Å². The van der Waals surface area contributed by atoms with Crippen LogP contribution in [0.15, 0.2) is 35.5 Å². The first-order valence-corrected chi connectivity index (χ1v) is 10.1. The zero-order chi connectivity index (χ0) is 20.3. The number of thioether (sulfide) groups is 1. The van der Waals surface area contributed by atoms with Crippen molar-refractivity contribution >= 4 is 46.6 Å². The van der Waals surface area contributed by atoms with E-state index >= 15 is 0 Å². The minimum absolute atomic E-state index is 0.146. The first-order valence-electron chi connectivity index (χ1n) is 8.33. The number of methoxy groups -OCH3 is 1. The van der Waals surface area contributed by atoms with Crippen molar-refractivity contribution in [3.63, 3.8) is 0 Å². The van der Waals surface area contributed by atoms with Gasteiger partial charge >= 0.3 is 0 Å². The maximum atomic E-state index is 12.3. The number of nitrogens with zero attached hydrogens (tertiary/aromatic N) is 2. The van der Waals surface area contributed by atoms with Crippen LogP contribution in [0.5, 0.6) is 5.75 Å². The number of nitrogens with one attached hydrogen (secondary N) is 2. The molecule has 0 fully saturated rings. The van der Waals surface area contributed by atoms with Crippen LogP contribution >= 0.6 is 35.0 Å². The van der Waals surface area contributed by atoms with Gasteiger partial charge in [0.25, 0.3) is 0 Å². The van der Waals surface area contributed by atoms with Gasteiger partial charge in [-0.1, -0.05) is 41.0 Å². The van der Waals surface area contributed by atoms with Crippen LogP contribution in [-0.4, -0.2) is 34.0 Å². The molecular weight excluding hydrogens is 419 g/mol. The lowest BCUT2D eigenvalue weighted by atomic mass is 10.1. The number of ether oxygens (including phenoxy) is 1. The zero-order valence-electron chi connectivity index (χ0n) is 15.5. The number of aromatic amines is 1. The second kappa shape index (κ2) is 8.86. The highest BCUT2D eigenvalue weighted by Gasteiger charge is 2.14. The van der Waals surface area contributed by atoms with Crippen LogP contribution < -0.4 is 10.1 Å². The van der Waals surface area contributed by atoms with E-state index in [1.165, 1.54) is 11.8 Å². The molecule has 1 aromatic heterocycles. The molecule has 0 spiro atoms. The molecule has 0 aliphatic heterocycles. The molecule has 3 aromatic rings. The normalized spacial score (nSPS) is 10.8. The van der Waals surface area contributed by atoms with Gasteiger partial charge in [-0.15, -0.1) is 5.10 Å². The summed E-state index contributed by atoms with van der Waals surface area (Å²) in [7, 11) is 1.57. The summed E-state index contributed by atoms with van der Waals surface area (Å²) in [4.78, 5) is 16.7. The molecule has 2 N–H and O–H groups in total. The molecule has 9 heteroatoms. The fraction of sp³-hybridized carbons (Fsp3) is 0.211. The molecule has 0 radical (unpaired) electrons. The number of hydrogen-bond acceptors (Lipinski definition) is 5. The van der Waals surface area contributed by atoms with E-state index in [2.05, 4.69) is 20.5 Å². The van der Waals surface area contributed by atoms with Gasteiger partial charge in [-0.2, -0.15) is 0 Å². The van der Waals surface area contributed by atoms with Gasteiger partial charge in [0.2, 0.25) is 11.1 Å². The van der Waals surface area contributed by atoms with E-state index in [9.17, 15) is 4.79 Å². The van der Waals surface area contributed by atoms with Gasteiger partial charge in [0, 0.05) is 5.02 Å². The number of aryl methyl sites for hydroxylation is 2. The molecule has 0 saturated heterocycles. The second-order valence-electron chi connectivity index (χ2n) is 6.09. The molecule has 1 amide bonds. The summed E-state index contributed by atoms with van der Waals surface area (Å²) < 4.78 is 5.33. The Kier molecular flexibility index (Phi) is 6.49. The smallest absolute Gasteiger partial charge is 0.234 e. The number of carbonyl (C=O) groups excluding carboxylic acids is 1. The molecule has 0 atom stereocenters. The summed E-state index contributed by atoms with van der Waals surface area (Å²) >= 11 is 13.5. The van der Waals surface area contributed by atoms with Crippen LogP contribution in [0.2, 0.25) is 10.0 Å². The summed E-state index contributed by atoms with van der Waals surface area (Å²) in [6, 6.07) is 9.02. The average molecular weight is 437 g/mol. The predicted molar refractivity (Wildman–Crippen MR) is 114 cm³/mol. The van der Waals surface area contributed by atoms with Crippen LogP contribution in [0.1, 0.15) is 11.1 Å². The van der Waals surface area contributed by atoms with E-state index in [4.69, 9.17) is 27.9 Å². The summed E-state index contributed by atoms with van der Waals surface area (Å²) in [6.07, 6.45) is 0. The Hall–Kier alpha value is -2.22. The molecule has 0 aliphatic rings. The molecule has 6 nitrogen and oxygen atoms in total. The van der Waals surface area contributed by atoms with E-state index in [1.807, 2.05) is 26.0 Å². The summed E-state index contributed by atoms with van der Waals surface area (Å²) in [5.74, 6) is 1.10. The third-order valence-electron chi connectivity index (χ3n) is 3.91. The van der Waals surface area contributed by atoms with E-state index in [0.29, 0.717) is 38.0 Å². The van der Waals surface area contributed by atoms with Crippen molar-refractivity contribution in [2.45, 2.75) is 19.0 Å². The van der Waals surface area contributed by atoms with Gasteiger partial charge < -0.3 is 10.1 Å². The molecule has 2 aromatic carbocycles. The number of amides is 1. The average Bonchev–Trinajstić information content (AvgIpc) is 3.12. The Morgan fingerprint density at radius 3 is 2.75 bits per heavy atom. The number of benzene rings is 2. The standard InChI is InChI=1S/C19H18Cl2N4O2S/c1-10-6-11(2)17(14(21)7-10)22-16(26)9-28-19-23-18(24-25-19)13-8-12(20)4-5-15(13)27-3/h4-8H,9H2,1-3H3,(H,22,26)(H,23,24,25). The fourth-order valence-corrected chi connectivity index (χ4v) is 3.82. The highest BCUT2D eigenvalue weighted by molar-refractivity contribution is 7.99. The van der Waals surface area contributed by atoms with Crippen molar-refractivity contribution in [2.75, 3.05) is 18.2 Å². The van der Waals surface area contributed by atoms with E-state index in [-0.39, 0.29) is 11.7 Å². The summed E-state index contributed by atoms with van der Waals surface area (Å²) in [5, 5.41) is 11.4. The lowest BCUT2D eigenvalue weighted by molar-refractivity contribution is -0.113. The molecule has 0 saturated carbocycles. The highest BCUT2D eigenvalue weighted by Crippen LogP contribution is 2.31. The van der Waals surface area contributed by atoms with Crippen LogP contribution in [0.25, 0.3) is 11.4 Å². The quantitative estimate of drug-likeness (QED) is 0.523. The van der Waals surface area contributed by atoms with E-state index in [0.717, 1.165) is 11.1 Å². The molecule has 0 bridgehead atoms. The van der Waals surface area contributed by atoms with Gasteiger partial charge in [-0.25, -0.2) is 4.98 Å². The van der Waals surface area contributed by atoms with Crippen LogP contribution in [0, 0.1) is 13.8 Å². The first-order chi connectivity index (χ1) is 13.4. The van der Waals surface area contributed by atoms with Crippen molar-refractivity contribution < 1.29 is 9.53 Å². The highest BCUT2D eigenvalue weighted by atomic mass is 35.5. The lowest BCUT2D eigenvalue weighted by Gasteiger charge is -2.11. The Bertz CT molecular complexity index is 1000. The largest absolute Gasteiger partial charge is 0.496 e. The maximum absolute atomic E-state index is 12.3. The Morgan fingerprint density at radius 1 is 1.25 bits per heavy atom. The number of anilines is 1. The Morgan fingerprint density at radius 2 is 2.04 bits per heavy atom. The predicted octanol–water partition coefficient (Wildman–Crippen LogP) is 5.13. The maximum Gasteiger partial charge on any atom is 0.234 e. The minimum atomic E-state index is -0.189. The van der Waals surface area contributed by atoms with E-state index in [1.54, 1.807) is 25.3 Å². The number of halogens is 2. The molecule has 0 unspecified atom stereocenters. The van der Waals surface area contributed by atoms with Crippen LogP contribution in [0.4, 0.5) is 5.69 Å². The fourth-order valence-electron chi connectivity index (χ4n) is 2.68. The second-order valence-corrected chi connectivity index (χ2v) is 7.87. The van der Waals surface area contributed by atoms with Gasteiger partial charge in [0.05, 0.1) is 29.1 Å². The molecular formula is C19H18Cl2N4O2S. The number of carbonyl (C=O) groups is 1. The van der Waals surface area contributed by atoms with E-state index < -0.39 is 0 Å². The van der Waals surface area contributed by atoms with Crippen LogP contribution in [-0.2, 0) is 4.79 Å². The number of aromatic nitrogens is 3. The third-order valence-corrected chi connectivity index (χ3v) is 5.29. The molecule has 146 valence electrons. The monoisotopic (exact) mass is 436 g/mol. The summed E-state index contributed by atoms with van der Waals surface area (Å²) in [6.45, 7) is 3.86. The van der Waals surface area contributed by atoms with Crippen molar-refractivity contribution in [3.05, 3.63) is 51.5 Å². The lowest BCUT2D eigenvalue weighted by Crippen LogP contribution is -2.15. The van der Waals surface area contributed by atoms with Crippen molar-refractivity contribution in [2.24, 2.45) is 0 Å². The van der Waals surface area contributed by atoms with Gasteiger partial charge in [0.1, 0.15) is 5.75 Å². The van der Waals surface area contributed by atoms with Gasteiger partial charge in [0.15, 0.2) is 5.82 Å². The molecule has 0 aliphatic carbocycles. The summed E-state index contributed by atoms with van der Waals surface area (Å²) in [5.41, 5.74) is 3.27. The number of H-pyrrole nitrogens is 1. The van der Waals surface area contributed by atoms with Gasteiger partial charge in [-0.3, -0.25) is 9.89 Å². The number of rotatable bonds is 6. The zero-order valence-corrected chi connectivity index (χ0v) is 17.8.